The standard InChI is InChI=1S/C44H32N2/c1-4-13-33(14-5-1)23-24-34-25-27-38(28-26-34)45(37-18-8-3-9-19-37)40-29-30-44-42(32-40)41-21-10-11-22-43(41)46(44)39-20-12-17-36(31-39)35-15-6-2-7-16-35/h1-32H/b24-23+. The number of aromatic nitrogens is 1. The predicted octanol–water partition coefficient (Wildman–Crippen LogP) is 12.1. The van der Waals surface area contributed by atoms with Gasteiger partial charge in [0.1, 0.15) is 0 Å². The van der Waals surface area contributed by atoms with Crippen LogP contribution in [0.1, 0.15) is 11.1 Å². The Morgan fingerprint density at radius 3 is 1.70 bits per heavy atom. The minimum Gasteiger partial charge on any atom is -0.310 e. The van der Waals surface area contributed by atoms with Crippen molar-refractivity contribution in [2.75, 3.05) is 4.90 Å². The topological polar surface area (TPSA) is 8.17 Å². The Kier molecular flexibility index (Phi) is 7.22. The molecule has 0 saturated carbocycles. The van der Waals surface area contributed by atoms with Crippen LogP contribution in [0.3, 0.4) is 0 Å². The number of fused-ring (bicyclic) bond motifs is 3. The lowest BCUT2D eigenvalue weighted by molar-refractivity contribution is 1.18. The van der Waals surface area contributed by atoms with Crippen molar-refractivity contribution in [3.8, 4) is 16.8 Å². The van der Waals surface area contributed by atoms with Crippen LogP contribution in [0.15, 0.2) is 182 Å². The molecule has 0 bridgehead atoms. The second kappa shape index (κ2) is 12.1. The lowest BCUT2D eigenvalue weighted by atomic mass is 10.1. The molecule has 46 heavy (non-hydrogen) atoms. The van der Waals surface area contributed by atoms with E-state index in [2.05, 4.69) is 198 Å². The van der Waals surface area contributed by atoms with Gasteiger partial charge in [-0.2, -0.15) is 0 Å². The Morgan fingerprint density at radius 2 is 0.935 bits per heavy atom. The first-order valence-corrected chi connectivity index (χ1v) is 15.7. The number of benzene rings is 7. The third-order valence-corrected chi connectivity index (χ3v) is 8.56. The molecule has 1 heterocycles. The molecule has 8 rings (SSSR count). The molecule has 218 valence electrons. The molecule has 0 N–H and O–H groups in total. The molecule has 1 aromatic heterocycles. The number of hydrogen-bond acceptors (Lipinski definition) is 1. The van der Waals surface area contributed by atoms with E-state index in [1.165, 1.54) is 38.5 Å². The summed E-state index contributed by atoms with van der Waals surface area (Å²) >= 11 is 0. The number of rotatable bonds is 7. The van der Waals surface area contributed by atoms with Gasteiger partial charge in [0, 0.05) is 33.5 Å². The van der Waals surface area contributed by atoms with E-state index < -0.39 is 0 Å². The summed E-state index contributed by atoms with van der Waals surface area (Å²) in [6.45, 7) is 0. The van der Waals surface area contributed by atoms with Crippen molar-refractivity contribution in [2.45, 2.75) is 0 Å². The average molecular weight is 589 g/mol. The average Bonchev–Trinajstić information content (AvgIpc) is 3.46. The van der Waals surface area contributed by atoms with E-state index in [1.54, 1.807) is 0 Å². The van der Waals surface area contributed by atoms with Crippen molar-refractivity contribution in [1.29, 1.82) is 0 Å². The van der Waals surface area contributed by atoms with Crippen molar-refractivity contribution in [2.24, 2.45) is 0 Å². The number of hydrogen-bond donors (Lipinski definition) is 0. The maximum absolute atomic E-state index is 2.39. The van der Waals surface area contributed by atoms with Crippen molar-refractivity contribution in [3.05, 3.63) is 193 Å². The lowest BCUT2D eigenvalue weighted by Gasteiger charge is -2.25. The molecular weight excluding hydrogens is 556 g/mol. The van der Waals surface area contributed by atoms with Crippen molar-refractivity contribution < 1.29 is 0 Å². The van der Waals surface area contributed by atoms with Crippen LogP contribution in [0, 0.1) is 0 Å². The van der Waals surface area contributed by atoms with Gasteiger partial charge in [-0.1, -0.05) is 133 Å². The molecule has 0 atom stereocenters. The largest absolute Gasteiger partial charge is 0.310 e. The first-order valence-electron chi connectivity index (χ1n) is 15.7. The summed E-state index contributed by atoms with van der Waals surface area (Å²) in [5, 5.41) is 2.46. The highest BCUT2D eigenvalue weighted by Crippen LogP contribution is 2.40. The Morgan fingerprint density at radius 1 is 0.370 bits per heavy atom. The van der Waals surface area contributed by atoms with Crippen LogP contribution >= 0.6 is 0 Å². The Labute approximate surface area is 269 Å². The molecule has 0 aliphatic heterocycles. The van der Waals surface area contributed by atoms with Gasteiger partial charge in [-0.25, -0.2) is 0 Å². The van der Waals surface area contributed by atoms with E-state index in [-0.39, 0.29) is 0 Å². The van der Waals surface area contributed by atoms with Gasteiger partial charge in [0.25, 0.3) is 0 Å². The number of nitrogens with zero attached hydrogens (tertiary/aromatic N) is 2. The molecule has 0 saturated heterocycles. The monoisotopic (exact) mass is 588 g/mol. The molecule has 2 nitrogen and oxygen atoms in total. The fraction of sp³-hybridized carbons (Fsp3) is 0. The first-order chi connectivity index (χ1) is 22.8. The highest BCUT2D eigenvalue weighted by atomic mass is 15.1. The molecule has 0 radical (unpaired) electrons. The summed E-state index contributed by atoms with van der Waals surface area (Å²) in [4.78, 5) is 2.34. The Balaban J connectivity index is 1.23. The van der Waals surface area contributed by atoms with E-state index in [0.717, 1.165) is 28.3 Å². The van der Waals surface area contributed by atoms with E-state index in [1.807, 2.05) is 6.07 Å². The Bertz CT molecular complexity index is 2280. The molecule has 0 aliphatic rings. The van der Waals surface area contributed by atoms with E-state index in [9.17, 15) is 0 Å². The van der Waals surface area contributed by atoms with Crippen LogP contribution in [0.4, 0.5) is 17.1 Å². The van der Waals surface area contributed by atoms with Gasteiger partial charge in [-0.05, 0) is 82.9 Å². The molecule has 7 aromatic carbocycles. The normalized spacial score (nSPS) is 11.4. The van der Waals surface area contributed by atoms with Gasteiger partial charge in [0.2, 0.25) is 0 Å². The first kappa shape index (κ1) is 27.4. The predicted molar refractivity (Wildman–Crippen MR) is 196 cm³/mol. The summed E-state index contributed by atoms with van der Waals surface area (Å²) in [7, 11) is 0. The van der Waals surface area contributed by atoms with Gasteiger partial charge in [-0.3, -0.25) is 0 Å². The third-order valence-electron chi connectivity index (χ3n) is 8.56. The fourth-order valence-electron chi connectivity index (χ4n) is 6.35. The quantitative estimate of drug-likeness (QED) is 0.168. The molecular formula is C44H32N2. The van der Waals surface area contributed by atoms with Crippen LogP contribution in [0.5, 0.6) is 0 Å². The zero-order chi connectivity index (χ0) is 30.7. The highest BCUT2D eigenvalue weighted by Gasteiger charge is 2.17. The Hall–Kier alpha value is -6.12. The van der Waals surface area contributed by atoms with E-state index in [0.29, 0.717) is 0 Å². The molecule has 0 spiro atoms. The molecule has 0 unspecified atom stereocenters. The number of anilines is 3. The lowest BCUT2D eigenvalue weighted by Crippen LogP contribution is -2.09. The summed E-state index contributed by atoms with van der Waals surface area (Å²) in [6, 6.07) is 64.8. The van der Waals surface area contributed by atoms with Crippen molar-refractivity contribution in [1.82, 2.24) is 4.57 Å². The fourth-order valence-corrected chi connectivity index (χ4v) is 6.35. The minimum absolute atomic E-state index is 1.11. The third kappa shape index (κ3) is 5.27. The van der Waals surface area contributed by atoms with Gasteiger partial charge >= 0.3 is 0 Å². The van der Waals surface area contributed by atoms with Crippen LogP contribution in [-0.2, 0) is 0 Å². The van der Waals surface area contributed by atoms with Gasteiger partial charge in [-0.15, -0.1) is 0 Å². The van der Waals surface area contributed by atoms with Gasteiger partial charge < -0.3 is 9.47 Å². The van der Waals surface area contributed by atoms with Gasteiger partial charge in [0.15, 0.2) is 0 Å². The summed E-state index contributed by atoms with van der Waals surface area (Å²) in [5.41, 5.74) is 11.7. The minimum atomic E-state index is 1.11. The molecule has 8 aromatic rings. The van der Waals surface area contributed by atoms with Crippen LogP contribution in [0.25, 0.3) is 50.8 Å². The van der Waals surface area contributed by atoms with E-state index in [4.69, 9.17) is 0 Å². The smallest absolute Gasteiger partial charge is 0.0542 e. The summed E-state index contributed by atoms with van der Waals surface area (Å²) in [6.07, 6.45) is 4.32. The maximum atomic E-state index is 2.39. The summed E-state index contributed by atoms with van der Waals surface area (Å²) < 4.78 is 2.39. The van der Waals surface area contributed by atoms with Crippen LogP contribution in [-0.4, -0.2) is 4.57 Å². The van der Waals surface area contributed by atoms with Crippen LogP contribution in [0.2, 0.25) is 0 Å². The van der Waals surface area contributed by atoms with Gasteiger partial charge in [0.05, 0.1) is 11.0 Å². The second-order valence-electron chi connectivity index (χ2n) is 11.5. The number of para-hydroxylation sites is 2. The van der Waals surface area contributed by atoms with Crippen LogP contribution < -0.4 is 4.90 Å². The van der Waals surface area contributed by atoms with E-state index >= 15 is 0 Å². The molecule has 0 fully saturated rings. The molecule has 2 heteroatoms. The zero-order valence-electron chi connectivity index (χ0n) is 25.4. The zero-order valence-corrected chi connectivity index (χ0v) is 25.4. The van der Waals surface area contributed by atoms with Crippen molar-refractivity contribution >= 4 is 51.0 Å². The molecule has 0 aliphatic carbocycles. The van der Waals surface area contributed by atoms with Crippen molar-refractivity contribution in [3.63, 3.8) is 0 Å². The summed E-state index contributed by atoms with van der Waals surface area (Å²) in [5.74, 6) is 0. The second-order valence-corrected chi connectivity index (χ2v) is 11.5. The SMILES string of the molecule is C(=C\c1ccc(N(c2ccccc2)c2ccc3c(c2)c2ccccc2n3-c2cccc(-c3ccccc3)c2)cc1)/c1ccccc1. The maximum Gasteiger partial charge on any atom is 0.0542 e. The highest BCUT2D eigenvalue weighted by molar-refractivity contribution is 6.10. The molecule has 0 amide bonds.